The fraction of sp³-hybridized carbons (Fsp3) is 0.238. The van der Waals surface area contributed by atoms with E-state index in [-0.39, 0.29) is 0 Å². The van der Waals surface area contributed by atoms with E-state index in [1.807, 2.05) is 0 Å². The lowest BCUT2D eigenvalue weighted by Crippen LogP contribution is -2.28. The zero-order chi connectivity index (χ0) is 14.8. The van der Waals surface area contributed by atoms with Gasteiger partial charge in [0.2, 0.25) is 0 Å². The first-order valence-corrected chi connectivity index (χ1v) is 8.25. The molecule has 22 heavy (non-hydrogen) atoms. The van der Waals surface area contributed by atoms with E-state index >= 15 is 0 Å². The van der Waals surface area contributed by atoms with Crippen molar-refractivity contribution >= 4 is 22.1 Å². The number of hydrogen-bond acceptors (Lipinski definition) is 1. The second-order valence-electron chi connectivity index (χ2n) is 6.14. The molecule has 0 amide bonds. The summed E-state index contributed by atoms with van der Waals surface area (Å²) in [6, 6.07) is 26.8. The van der Waals surface area contributed by atoms with Gasteiger partial charge in [-0.25, -0.2) is 0 Å². The summed E-state index contributed by atoms with van der Waals surface area (Å²) in [4.78, 5) is 2.56. The van der Waals surface area contributed by atoms with Gasteiger partial charge in [-0.3, -0.25) is 0 Å². The van der Waals surface area contributed by atoms with Crippen LogP contribution in [0.4, 0.5) is 11.4 Å². The number of rotatable bonds is 3. The molecule has 110 valence electrons. The molecule has 3 aromatic rings. The highest BCUT2D eigenvalue weighted by Crippen LogP contribution is 2.38. The molecule has 1 nitrogen and oxygen atoms in total. The largest absolute Gasteiger partial charge is 0.338 e. The van der Waals surface area contributed by atoms with Crippen LogP contribution in [0.25, 0.3) is 10.8 Å². The SMILES string of the molecule is c1ccc(N(c2cccc3ccccc23)C2CCCC2)cc1. The lowest BCUT2D eigenvalue weighted by atomic mass is 10.0. The smallest absolute Gasteiger partial charge is 0.0493 e. The van der Waals surface area contributed by atoms with Gasteiger partial charge >= 0.3 is 0 Å². The molecular weight excluding hydrogens is 266 g/mol. The molecule has 0 atom stereocenters. The van der Waals surface area contributed by atoms with Gasteiger partial charge in [0.05, 0.1) is 0 Å². The van der Waals surface area contributed by atoms with E-state index in [1.54, 1.807) is 0 Å². The monoisotopic (exact) mass is 287 g/mol. The van der Waals surface area contributed by atoms with Crippen molar-refractivity contribution in [1.29, 1.82) is 0 Å². The normalized spacial score (nSPS) is 15.3. The van der Waals surface area contributed by atoms with Crippen LogP contribution in [-0.4, -0.2) is 6.04 Å². The van der Waals surface area contributed by atoms with Crippen molar-refractivity contribution in [3.8, 4) is 0 Å². The zero-order valence-corrected chi connectivity index (χ0v) is 12.8. The molecule has 0 aromatic heterocycles. The topological polar surface area (TPSA) is 3.24 Å². The minimum absolute atomic E-state index is 0.619. The second kappa shape index (κ2) is 5.84. The Hall–Kier alpha value is -2.28. The number of anilines is 2. The molecule has 1 heteroatoms. The van der Waals surface area contributed by atoms with Crippen molar-refractivity contribution in [2.24, 2.45) is 0 Å². The average Bonchev–Trinajstić information content (AvgIpc) is 3.11. The Kier molecular flexibility index (Phi) is 3.56. The van der Waals surface area contributed by atoms with Crippen LogP contribution in [0.15, 0.2) is 72.8 Å². The first kappa shape index (κ1) is 13.4. The van der Waals surface area contributed by atoms with Gasteiger partial charge in [-0.15, -0.1) is 0 Å². The number of benzene rings is 3. The number of fused-ring (bicyclic) bond motifs is 1. The number of nitrogens with zero attached hydrogens (tertiary/aromatic N) is 1. The van der Waals surface area contributed by atoms with Gasteiger partial charge in [0, 0.05) is 22.8 Å². The fourth-order valence-corrected chi connectivity index (χ4v) is 3.72. The zero-order valence-electron chi connectivity index (χ0n) is 12.8. The molecule has 0 N–H and O–H groups in total. The first-order chi connectivity index (χ1) is 10.9. The van der Waals surface area contributed by atoms with Crippen LogP contribution < -0.4 is 4.90 Å². The van der Waals surface area contributed by atoms with Gasteiger partial charge in [-0.2, -0.15) is 0 Å². The summed E-state index contributed by atoms with van der Waals surface area (Å²) in [5.41, 5.74) is 2.65. The third-order valence-corrected chi connectivity index (χ3v) is 4.75. The van der Waals surface area contributed by atoms with Gasteiger partial charge < -0.3 is 4.90 Å². The molecule has 4 rings (SSSR count). The molecule has 0 aliphatic heterocycles. The molecule has 3 aromatic carbocycles. The molecule has 0 heterocycles. The Morgan fingerprint density at radius 3 is 2.18 bits per heavy atom. The summed E-state index contributed by atoms with van der Waals surface area (Å²) in [7, 11) is 0. The lowest BCUT2D eigenvalue weighted by Gasteiger charge is -2.32. The van der Waals surface area contributed by atoms with Crippen LogP contribution in [0.1, 0.15) is 25.7 Å². The van der Waals surface area contributed by atoms with Gasteiger partial charge in [0.1, 0.15) is 0 Å². The second-order valence-corrected chi connectivity index (χ2v) is 6.14. The molecule has 1 aliphatic rings. The van der Waals surface area contributed by atoms with E-state index < -0.39 is 0 Å². The average molecular weight is 287 g/mol. The van der Waals surface area contributed by atoms with Crippen LogP contribution in [0, 0.1) is 0 Å². The molecule has 1 aliphatic carbocycles. The Morgan fingerprint density at radius 2 is 1.36 bits per heavy atom. The molecule has 1 saturated carbocycles. The fourth-order valence-electron chi connectivity index (χ4n) is 3.72. The highest BCUT2D eigenvalue weighted by molar-refractivity contribution is 5.96. The molecular formula is C21H21N. The van der Waals surface area contributed by atoms with E-state index in [4.69, 9.17) is 0 Å². The van der Waals surface area contributed by atoms with Gasteiger partial charge in [-0.1, -0.05) is 67.4 Å². The summed E-state index contributed by atoms with van der Waals surface area (Å²) in [5, 5.41) is 2.67. The van der Waals surface area contributed by atoms with Crippen molar-refractivity contribution in [2.75, 3.05) is 4.90 Å². The van der Waals surface area contributed by atoms with Crippen molar-refractivity contribution in [3.05, 3.63) is 72.8 Å². The van der Waals surface area contributed by atoms with E-state index in [0.29, 0.717) is 6.04 Å². The Balaban J connectivity index is 1.89. The first-order valence-electron chi connectivity index (χ1n) is 8.25. The molecule has 0 spiro atoms. The Morgan fingerprint density at radius 1 is 0.682 bits per heavy atom. The summed E-state index contributed by atoms with van der Waals surface area (Å²) < 4.78 is 0. The molecule has 0 saturated heterocycles. The Bertz CT molecular complexity index is 752. The molecule has 1 fully saturated rings. The van der Waals surface area contributed by atoms with Crippen LogP contribution in [0.3, 0.4) is 0 Å². The van der Waals surface area contributed by atoms with Crippen LogP contribution >= 0.6 is 0 Å². The summed E-state index contributed by atoms with van der Waals surface area (Å²) in [5.74, 6) is 0. The standard InChI is InChI=1S/C21H21N/c1-2-11-18(12-3-1)22(19-13-5-6-14-19)21-16-8-10-17-9-4-7-15-20(17)21/h1-4,7-12,15-16,19H,5-6,13-14H2. The minimum atomic E-state index is 0.619. The predicted molar refractivity (Wildman–Crippen MR) is 94.8 cm³/mol. The molecule has 0 unspecified atom stereocenters. The van der Waals surface area contributed by atoms with Crippen molar-refractivity contribution < 1.29 is 0 Å². The van der Waals surface area contributed by atoms with Gasteiger partial charge in [0.15, 0.2) is 0 Å². The third kappa shape index (κ3) is 2.37. The Labute approximate surface area is 132 Å². The molecule has 0 bridgehead atoms. The third-order valence-electron chi connectivity index (χ3n) is 4.75. The quantitative estimate of drug-likeness (QED) is 0.578. The lowest BCUT2D eigenvalue weighted by molar-refractivity contribution is 0.679. The maximum atomic E-state index is 2.56. The van der Waals surface area contributed by atoms with Crippen molar-refractivity contribution in [2.45, 2.75) is 31.7 Å². The van der Waals surface area contributed by atoms with E-state index in [2.05, 4.69) is 77.7 Å². The highest BCUT2D eigenvalue weighted by atomic mass is 15.2. The van der Waals surface area contributed by atoms with Gasteiger partial charge in [0.25, 0.3) is 0 Å². The summed E-state index contributed by atoms with van der Waals surface area (Å²) in [6.45, 7) is 0. The number of hydrogen-bond donors (Lipinski definition) is 0. The van der Waals surface area contributed by atoms with Crippen LogP contribution in [-0.2, 0) is 0 Å². The highest BCUT2D eigenvalue weighted by Gasteiger charge is 2.25. The van der Waals surface area contributed by atoms with E-state index in [0.717, 1.165) is 0 Å². The van der Waals surface area contributed by atoms with Gasteiger partial charge in [-0.05, 0) is 36.4 Å². The van der Waals surface area contributed by atoms with E-state index in [9.17, 15) is 0 Å². The maximum Gasteiger partial charge on any atom is 0.0493 e. The van der Waals surface area contributed by atoms with Crippen molar-refractivity contribution in [3.63, 3.8) is 0 Å². The van der Waals surface area contributed by atoms with Crippen LogP contribution in [0.2, 0.25) is 0 Å². The van der Waals surface area contributed by atoms with Crippen LogP contribution in [0.5, 0.6) is 0 Å². The summed E-state index contributed by atoms with van der Waals surface area (Å²) in [6.07, 6.45) is 5.27. The minimum Gasteiger partial charge on any atom is -0.338 e. The maximum absolute atomic E-state index is 2.56. The van der Waals surface area contributed by atoms with Crippen molar-refractivity contribution in [1.82, 2.24) is 0 Å². The van der Waals surface area contributed by atoms with E-state index in [1.165, 1.54) is 47.8 Å². The number of para-hydroxylation sites is 1. The molecule has 0 radical (unpaired) electrons. The predicted octanol–water partition coefficient (Wildman–Crippen LogP) is 5.92. The summed E-state index contributed by atoms with van der Waals surface area (Å²) >= 11 is 0.